The highest BCUT2D eigenvalue weighted by Gasteiger charge is 2.20. The zero-order chi connectivity index (χ0) is 17.6. The molecule has 0 saturated carbocycles. The third kappa shape index (κ3) is 5.29. The first-order valence-corrected chi connectivity index (χ1v) is 9.26. The highest BCUT2D eigenvalue weighted by Crippen LogP contribution is 2.30. The molecule has 2 aromatic rings. The lowest BCUT2D eigenvalue weighted by Crippen LogP contribution is -2.34. The van der Waals surface area contributed by atoms with Crippen LogP contribution in [0, 0.1) is 0 Å². The molecule has 0 atom stereocenters. The molecule has 0 spiro atoms. The summed E-state index contributed by atoms with van der Waals surface area (Å²) in [4.78, 5) is 2.56. The molecule has 142 valence electrons. The van der Waals surface area contributed by atoms with Gasteiger partial charge in [-0.3, -0.25) is 0 Å². The van der Waals surface area contributed by atoms with Gasteiger partial charge in [-0.2, -0.15) is 0 Å². The molecule has 3 rings (SSSR count). The van der Waals surface area contributed by atoms with Gasteiger partial charge in [0.25, 0.3) is 0 Å². The van der Waals surface area contributed by atoms with E-state index >= 15 is 0 Å². The first-order chi connectivity index (χ1) is 12.2. The normalized spacial score (nSPS) is 15.3. The number of benzene rings is 2. The van der Waals surface area contributed by atoms with Crippen LogP contribution in [0.3, 0.4) is 0 Å². The van der Waals surface area contributed by atoms with Crippen LogP contribution in [0.2, 0.25) is 5.02 Å². The molecule has 0 aromatic heterocycles. The maximum Gasteiger partial charge on any atom is 0.160 e. The summed E-state index contributed by atoms with van der Waals surface area (Å²) in [6, 6.07) is 14.5. The SMILES string of the molecule is COc1ccc(CCN2CCC(c3ccc(Cl)cc3)CC2)cc1OC.Cl. The van der Waals surface area contributed by atoms with Crippen LogP contribution in [0.4, 0.5) is 0 Å². The van der Waals surface area contributed by atoms with E-state index in [2.05, 4.69) is 29.2 Å². The van der Waals surface area contributed by atoms with Crippen molar-refractivity contribution in [2.75, 3.05) is 33.9 Å². The lowest BCUT2D eigenvalue weighted by molar-refractivity contribution is 0.214. The van der Waals surface area contributed by atoms with Crippen LogP contribution < -0.4 is 9.47 Å². The summed E-state index contributed by atoms with van der Waals surface area (Å²) in [6.07, 6.45) is 3.47. The van der Waals surface area contributed by atoms with Crippen molar-refractivity contribution in [3.05, 3.63) is 58.6 Å². The van der Waals surface area contributed by atoms with E-state index in [9.17, 15) is 0 Å². The first-order valence-electron chi connectivity index (χ1n) is 8.88. The van der Waals surface area contributed by atoms with Crippen molar-refractivity contribution >= 4 is 24.0 Å². The fraction of sp³-hybridized carbons (Fsp3) is 0.429. The zero-order valence-electron chi connectivity index (χ0n) is 15.4. The molecule has 1 fully saturated rings. The highest BCUT2D eigenvalue weighted by molar-refractivity contribution is 6.30. The molecular formula is C21H27Cl2NO2. The lowest BCUT2D eigenvalue weighted by atomic mass is 9.89. The molecule has 1 aliphatic heterocycles. The monoisotopic (exact) mass is 395 g/mol. The number of hydrogen-bond acceptors (Lipinski definition) is 3. The molecular weight excluding hydrogens is 369 g/mol. The van der Waals surface area contributed by atoms with Crippen molar-refractivity contribution in [2.45, 2.75) is 25.2 Å². The number of halogens is 2. The Morgan fingerprint density at radius 2 is 1.62 bits per heavy atom. The van der Waals surface area contributed by atoms with E-state index in [-0.39, 0.29) is 12.4 Å². The van der Waals surface area contributed by atoms with E-state index in [0.29, 0.717) is 5.92 Å². The predicted octanol–water partition coefficient (Wildman–Crippen LogP) is 5.20. The number of methoxy groups -OCH3 is 2. The summed E-state index contributed by atoms with van der Waals surface area (Å²) < 4.78 is 10.7. The standard InChI is InChI=1S/C21H26ClNO2.ClH/c1-24-20-8-3-16(15-21(20)25-2)9-12-23-13-10-18(11-14-23)17-4-6-19(22)7-5-17;/h3-8,15,18H,9-14H2,1-2H3;1H. The summed E-state index contributed by atoms with van der Waals surface area (Å²) in [5, 5.41) is 0.816. The second-order valence-corrected chi connectivity index (χ2v) is 7.04. The predicted molar refractivity (Wildman–Crippen MR) is 110 cm³/mol. The lowest BCUT2D eigenvalue weighted by Gasteiger charge is -2.32. The molecule has 0 N–H and O–H groups in total. The summed E-state index contributed by atoms with van der Waals surface area (Å²) in [5.41, 5.74) is 2.71. The molecule has 0 unspecified atom stereocenters. The molecule has 0 amide bonds. The van der Waals surface area contributed by atoms with Crippen LogP contribution in [-0.4, -0.2) is 38.8 Å². The van der Waals surface area contributed by atoms with Gasteiger partial charge in [0.1, 0.15) is 0 Å². The molecule has 5 heteroatoms. The zero-order valence-corrected chi connectivity index (χ0v) is 17.0. The third-order valence-electron chi connectivity index (χ3n) is 5.09. The summed E-state index contributed by atoms with van der Waals surface area (Å²) in [7, 11) is 3.35. The fourth-order valence-corrected chi connectivity index (χ4v) is 3.67. The number of nitrogens with zero attached hydrogens (tertiary/aromatic N) is 1. The van der Waals surface area contributed by atoms with Crippen molar-refractivity contribution in [1.82, 2.24) is 4.90 Å². The van der Waals surface area contributed by atoms with E-state index in [4.69, 9.17) is 21.1 Å². The Balaban J connectivity index is 0.00000243. The molecule has 0 radical (unpaired) electrons. The number of hydrogen-bond donors (Lipinski definition) is 0. The van der Waals surface area contributed by atoms with E-state index in [1.807, 2.05) is 18.2 Å². The van der Waals surface area contributed by atoms with Crippen molar-refractivity contribution in [2.24, 2.45) is 0 Å². The number of piperidine rings is 1. The van der Waals surface area contributed by atoms with E-state index < -0.39 is 0 Å². The molecule has 1 aliphatic rings. The first kappa shape index (κ1) is 20.9. The van der Waals surface area contributed by atoms with Gasteiger partial charge in [0, 0.05) is 11.6 Å². The van der Waals surface area contributed by atoms with Crippen LogP contribution >= 0.6 is 24.0 Å². The third-order valence-corrected chi connectivity index (χ3v) is 5.35. The number of rotatable bonds is 6. The molecule has 0 aliphatic carbocycles. The Hall–Kier alpha value is -1.42. The molecule has 0 bridgehead atoms. The van der Waals surface area contributed by atoms with Gasteiger partial charge in [0.15, 0.2) is 11.5 Å². The fourth-order valence-electron chi connectivity index (χ4n) is 3.55. The minimum Gasteiger partial charge on any atom is -0.493 e. The Bertz CT molecular complexity index is 683. The van der Waals surface area contributed by atoms with Crippen molar-refractivity contribution < 1.29 is 9.47 Å². The van der Waals surface area contributed by atoms with Gasteiger partial charge in [-0.15, -0.1) is 12.4 Å². The van der Waals surface area contributed by atoms with Gasteiger partial charge < -0.3 is 14.4 Å². The van der Waals surface area contributed by atoms with E-state index in [0.717, 1.165) is 42.6 Å². The van der Waals surface area contributed by atoms with Gasteiger partial charge in [-0.1, -0.05) is 29.8 Å². The second-order valence-electron chi connectivity index (χ2n) is 6.61. The van der Waals surface area contributed by atoms with Crippen molar-refractivity contribution in [3.63, 3.8) is 0 Å². The minimum atomic E-state index is 0. The Morgan fingerprint density at radius 3 is 2.23 bits per heavy atom. The van der Waals surface area contributed by atoms with Gasteiger partial charge in [0.05, 0.1) is 14.2 Å². The summed E-state index contributed by atoms with van der Waals surface area (Å²) in [6.45, 7) is 3.39. The van der Waals surface area contributed by atoms with Gasteiger partial charge >= 0.3 is 0 Å². The molecule has 1 saturated heterocycles. The van der Waals surface area contributed by atoms with Gasteiger partial charge in [0.2, 0.25) is 0 Å². The Morgan fingerprint density at radius 1 is 0.962 bits per heavy atom. The average Bonchev–Trinajstić information content (AvgIpc) is 2.67. The minimum absolute atomic E-state index is 0. The van der Waals surface area contributed by atoms with Gasteiger partial charge in [-0.05, 0) is 73.7 Å². The van der Waals surface area contributed by atoms with E-state index in [1.165, 1.54) is 24.0 Å². The molecule has 2 aromatic carbocycles. The van der Waals surface area contributed by atoms with Crippen LogP contribution in [0.25, 0.3) is 0 Å². The van der Waals surface area contributed by atoms with E-state index in [1.54, 1.807) is 14.2 Å². The Labute approximate surface area is 167 Å². The quantitative estimate of drug-likeness (QED) is 0.670. The van der Waals surface area contributed by atoms with Crippen LogP contribution in [0.15, 0.2) is 42.5 Å². The van der Waals surface area contributed by atoms with Crippen LogP contribution in [0.1, 0.15) is 29.9 Å². The average molecular weight is 396 g/mol. The highest BCUT2D eigenvalue weighted by atomic mass is 35.5. The smallest absolute Gasteiger partial charge is 0.160 e. The largest absolute Gasteiger partial charge is 0.493 e. The molecule has 1 heterocycles. The van der Waals surface area contributed by atoms with Crippen LogP contribution in [-0.2, 0) is 6.42 Å². The maximum atomic E-state index is 5.99. The summed E-state index contributed by atoms with van der Waals surface area (Å²) in [5.74, 6) is 2.26. The van der Waals surface area contributed by atoms with Crippen molar-refractivity contribution in [1.29, 1.82) is 0 Å². The van der Waals surface area contributed by atoms with Crippen molar-refractivity contribution in [3.8, 4) is 11.5 Å². The topological polar surface area (TPSA) is 21.7 Å². The molecule has 26 heavy (non-hydrogen) atoms. The van der Waals surface area contributed by atoms with Gasteiger partial charge in [-0.25, -0.2) is 0 Å². The Kier molecular flexibility index (Phi) is 8.08. The summed E-state index contributed by atoms with van der Waals surface area (Å²) >= 11 is 5.99. The second kappa shape index (κ2) is 10.1. The van der Waals surface area contributed by atoms with Crippen LogP contribution in [0.5, 0.6) is 11.5 Å². The number of likely N-dealkylation sites (tertiary alicyclic amines) is 1. The number of ether oxygens (including phenoxy) is 2. The molecule has 3 nitrogen and oxygen atoms in total. The maximum absolute atomic E-state index is 5.99.